The van der Waals surface area contributed by atoms with Gasteiger partial charge in [-0.2, -0.15) is 0 Å². The molecule has 0 saturated heterocycles. The molecule has 4 rings (SSSR count). The van der Waals surface area contributed by atoms with Crippen molar-refractivity contribution in [3.05, 3.63) is 71.5 Å². The fourth-order valence-corrected chi connectivity index (χ4v) is 4.87. The van der Waals surface area contributed by atoms with E-state index in [4.69, 9.17) is 0 Å². The van der Waals surface area contributed by atoms with Gasteiger partial charge in [0.25, 0.3) is 0 Å². The lowest BCUT2D eigenvalue weighted by molar-refractivity contribution is -0.642. The van der Waals surface area contributed by atoms with Crippen molar-refractivity contribution in [2.24, 2.45) is 0 Å². The Kier molecular flexibility index (Phi) is 3.80. The zero-order valence-electron chi connectivity index (χ0n) is 13.7. The SMILES string of the molecule is CCCC1=CC(C)=CC(c2cccc3c2sc2ccccc23)[NH2+]1. The molecule has 2 heteroatoms. The maximum absolute atomic E-state index is 2.45. The van der Waals surface area contributed by atoms with E-state index in [0.717, 1.165) is 0 Å². The maximum atomic E-state index is 2.45. The minimum Gasteiger partial charge on any atom is -0.308 e. The minimum absolute atomic E-state index is 0.401. The van der Waals surface area contributed by atoms with E-state index in [2.05, 4.69) is 73.8 Å². The summed E-state index contributed by atoms with van der Waals surface area (Å²) in [6.07, 6.45) is 7.11. The molecule has 0 aliphatic carbocycles. The lowest BCUT2D eigenvalue weighted by Crippen LogP contribution is -2.83. The zero-order chi connectivity index (χ0) is 15.8. The summed E-state index contributed by atoms with van der Waals surface area (Å²) in [5.74, 6) is 0. The molecule has 1 aliphatic rings. The lowest BCUT2D eigenvalue weighted by atomic mass is 9.97. The Labute approximate surface area is 141 Å². The van der Waals surface area contributed by atoms with Crippen molar-refractivity contribution >= 4 is 31.5 Å². The molecule has 0 bridgehead atoms. The molecule has 2 aromatic carbocycles. The Bertz CT molecular complexity index is 929. The molecule has 2 heterocycles. The first-order valence-electron chi connectivity index (χ1n) is 8.40. The third-order valence-corrected chi connectivity index (χ3v) is 5.82. The Morgan fingerprint density at radius 1 is 1.04 bits per heavy atom. The van der Waals surface area contributed by atoms with Crippen molar-refractivity contribution in [1.29, 1.82) is 0 Å². The van der Waals surface area contributed by atoms with Gasteiger partial charge in [0.1, 0.15) is 11.7 Å². The molecule has 116 valence electrons. The van der Waals surface area contributed by atoms with E-state index in [1.165, 1.54) is 49.8 Å². The fraction of sp³-hybridized carbons (Fsp3) is 0.238. The molecule has 0 radical (unpaired) electrons. The second-order valence-corrected chi connectivity index (χ2v) is 7.45. The number of hydrogen-bond donors (Lipinski definition) is 1. The Balaban J connectivity index is 1.85. The summed E-state index contributed by atoms with van der Waals surface area (Å²) in [5, 5.41) is 5.24. The summed E-state index contributed by atoms with van der Waals surface area (Å²) in [7, 11) is 0. The van der Waals surface area contributed by atoms with Gasteiger partial charge in [-0.1, -0.05) is 43.3 Å². The van der Waals surface area contributed by atoms with Crippen molar-refractivity contribution in [3.63, 3.8) is 0 Å². The zero-order valence-corrected chi connectivity index (χ0v) is 14.5. The molecule has 2 N–H and O–H groups in total. The predicted molar refractivity (Wildman–Crippen MR) is 101 cm³/mol. The Morgan fingerprint density at radius 2 is 1.87 bits per heavy atom. The largest absolute Gasteiger partial charge is 0.308 e. The molecule has 1 unspecified atom stereocenters. The number of thiophene rings is 1. The minimum atomic E-state index is 0.401. The fourth-order valence-electron chi connectivity index (χ4n) is 3.61. The number of quaternary nitrogens is 1. The second-order valence-electron chi connectivity index (χ2n) is 6.39. The van der Waals surface area contributed by atoms with Crippen LogP contribution >= 0.6 is 11.3 Å². The van der Waals surface area contributed by atoms with Crippen molar-refractivity contribution in [1.82, 2.24) is 0 Å². The summed E-state index contributed by atoms with van der Waals surface area (Å²) >= 11 is 1.93. The number of allylic oxidation sites excluding steroid dienone is 3. The highest BCUT2D eigenvalue weighted by Crippen LogP contribution is 2.37. The van der Waals surface area contributed by atoms with Crippen LogP contribution in [0.25, 0.3) is 20.2 Å². The molecular weight excluding hydrogens is 298 g/mol. The molecular formula is C21H22NS+. The topological polar surface area (TPSA) is 16.6 Å². The highest BCUT2D eigenvalue weighted by Gasteiger charge is 2.22. The van der Waals surface area contributed by atoms with Gasteiger partial charge in [0.15, 0.2) is 0 Å². The first kappa shape index (κ1) is 14.7. The molecule has 1 nitrogen and oxygen atoms in total. The number of fused-ring (bicyclic) bond motifs is 3. The van der Waals surface area contributed by atoms with Gasteiger partial charge < -0.3 is 5.32 Å². The van der Waals surface area contributed by atoms with E-state index in [0.29, 0.717) is 6.04 Å². The average Bonchev–Trinajstić information content (AvgIpc) is 2.93. The summed E-state index contributed by atoms with van der Waals surface area (Å²) < 4.78 is 2.83. The van der Waals surface area contributed by atoms with Gasteiger partial charge >= 0.3 is 0 Å². The molecule has 0 fully saturated rings. The third kappa shape index (κ3) is 2.62. The smallest absolute Gasteiger partial charge is 0.137 e. The maximum Gasteiger partial charge on any atom is 0.137 e. The van der Waals surface area contributed by atoms with Gasteiger partial charge in [-0.15, -0.1) is 11.3 Å². The molecule has 3 aromatic rings. The number of rotatable bonds is 3. The van der Waals surface area contributed by atoms with E-state index in [1.54, 1.807) is 0 Å². The second kappa shape index (κ2) is 5.95. The first-order valence-corrected chi connectivity index (χ1v) is 9.22. The summed E-state index contributed by atoms with van der Waals surface area (Å²) in [4.78, 5) is 0. The predicted octanol–water partition coefficient (Wildman–Crippen LogP) is 5.30. The van der Waals surface area contributed by atoms with Crippen LogP contribution in [0.15, 0.2) is 65.9 Å². The number of benzene rings is 2. The third-order valence-electron chi connectivity index (χ3n) is 4.58. The quantitative estimate of drug-likeness (QED) is 0.674. The molecule has 0 amide bonds. The number of nitrogens with two attached hydrogens (primary N) is 1. The van der Waals surface area contributed by atoms with Crippen molar-refractivity contribution < 1.29 is 5.32 Å². The van der Waals surface area contributed by atoms with Crippen LogP contribution in [0, 0.1) is 0 Å². The van der Waals surface area contributed by atoms with Crippen LogP contribution in [0.5, 0.6) is 0 Å². The van der Waals surface area contributed by atoms with Crippen molar-refractivity contribution in [2.45, 2.75) is 32.7 Å². The van der Waals surface area contributed by atoms with Gasteiger partial charge in [-0.05, 0) is 37.1 Å². The standard InChI is InChI=1S/C21H21NS/c1-3-7-15-12-14(2)13-19(22-15)18-10-6-9-17-16-8-4-5-11-20(16)23-21(17)18/h4-6,8-13,19,22H,3,7H2,1-2H3/p+1. The molecule has 0 saturated carbocycles. The van der Waals surface area contributed by atoms with Gasteiger partial charge in [0.05, 0.1) is 0 Å². The van der Waals surface area contributed by atoms with Crippen molar-refractivity contribution in [2.75, 3.05) is 0 Å². The summed E-state index contributed by atoms with van der Waals surface area (Å²) in [6.45, 7) is 4.48. The molecule has 1 aliphatic heterocycles. The van der Waals surface area contributed by atoms with E-state index >= 15 is 0 Å². The average molecular weight is 320 g/mol. The van der Waals surface area contributed by atoms with Crippen LogP contribution in [-0.2, 0) is 0 Å². The molecule has 0 spiro atoms. The lowest BCUT2D eigenvalue weighted by Gasteiger charge is -2.19. The van der Waals surface area contributed by atoms with Gasteiger partial charge in [0, 0.05) is 32.2 Å². The summed E-state index contributed by atoms with van der Waals surface area (Å²) in [6, 6.07) is 15.9. The van der Waals surface area contributed by atoms with Crippen LogP contribution in [0.3, 0.4) is 0 Å². The van der Waals surface area contributed by atoms with E-state index < -0.39 is 0 Å². The Morgan fingerprint density at radius 3 is 2.74 bits per heavy atom. The van der Waals surface area contributed by atoms with Crippen LogP contribution in [-0.4, -0.2) is 0 Å². The van der Waals surface area contributed by atoms with Crippen LogP contribution < -0.4 is 5.32 Å². The van der Waals surface area contributed by atoms with Gasteiger partial charge in [-0.25, -0.2) is 0 Å². The van der Waals surface area contributed by atoms with Crippen molar-refractivity contribution in [3.8, 4) is 0 Å². The highest BCUT2D eigenvalue weighted by atomic mass is 32.1. The molecule has 1 atom stereocenters. The van der Waals surface area contributed by atoms with E-state index in [9.17, 15) is 0 Å². The van der Waals surface area contributed by atoms with Crippen LogP contribution in [0.1, 0.15) is 38.3 Å². The van der Waals surface area contributed by atoms with Crippen LogP contribution in [0.4, 0.5) is 0 Å². The van der Waals surface area contributed by atoms with Gasteiger partial charge in [0.2, 0.25) is 0 Å². The Hall–Kier alpha value is -1.90. The molecule has 23 heavy (non-hydrogen) atoms. The number of hydrogen-bond acceptors (Lipinski definition) is 1. The normalized spacial score (nSPS) is 18.3. The van der Waals surface area contributed by atoms with E-state index in [1.807, 2.05) is 11.3 Å². The first-order chi connectivity index (χ1) is 11.3. The molecule has 1 aromatic heterocycles. The monoisotopic (exact) mass is 320 g/mol. The summed E-state index contributed by atoms with van der Waals surface area (Å²) in [5.41, 5.74) is 4.32. The van der Waals surface area contributed by atoms with E-state index in [-0.39, 0.29) is 0 Å². The van der Waals surface area contributed by atoms with Crippen LogP contribution in [0.2, 0.25) is 0 Å². The van der Waals surface area contributed by atoms with Gasteiger partial charge in [-0.3, -0.25) is 0 Å². The highest BCUT2D eigenvalue weighted by molar-refractivity contribution is 7.26.